The lowest BCUT2D eigenvalue weighted by Gasteiger charge is -2.19. The van der Waals surface area contributed by atoms with Crippen LogP contribution >= 0.6 is 23.1 Å². The molecule has 19 heavy (non-hydrogen) atoms. The van der Waals surface area contributed by atoms with Gasteiger partial charge in [0.15, 0.2) is 0 Å². The van der Waals surface area contributed by atoms with E-state index in [1.165, 1.54) is 14.6 Å². The molecule has 0 radical (unpaired) electrons. The number of rotatable bonds is 5. The smallest absolute Gasteiger partial charge is 0.118 e. The van der Waals surface area contributed by atoms with Gasteiger partial charge in [-0.25, -0.2) is 0 Å². The average molecular weight is 293 g/mol. The fraction of sp³-hybridized carbons (Fsp3) is 0.333. The molecule has 0 saturated carbocycles. The molecule has 0 aliphatic carbocycles. The van der Waals surface area contributed by atoms with Gasteiger partial charge in [-0.15, -0.1) is 23.1 Å². The summed E-state index contributed by atoms with van der Waals surface area (Å²) in [5.41, 5.74) is 6.14. The number of methoxy groups -OCH3 is 1. The Kier molecular flexibility index (Phi) is 4.91. The van der Waals surface area contributed by atoms with Crippen LogP contribution in [0.5, 0.6) is 5.75 Å². The summed E-state index contributed by atoms with van der Waals surface area (Å²) in [7, 11) is 1.68. The van der Waals surface area contributed by atoms with E-state index in [0.717, 1.165) is 5.75 Å². The van der Waals surface area contributed by atoms with Gasteiger partial charge in [-0.05, 0) is 50.2 Å². The van der Waals surface area contributed by atoms with Crippen molar-refractivity contribution in [3.05, 3.63) is 46.2 Å². The van der Waals surface area contributed by atoms with Gasteiger partial charge >= 0.3 is 0 Å². The van der Waals surface area contributed by atoms with Crippen LogP contribution in [0.25, 0.3) is 0 Å². The number of benzene rings is 1. The summed E-state index contributed by atoms with van der Waals surface area (Å²) in [5.74, 6) is 0.883. The lowest BCUT2D eigenvalue weighted by Crippen LogP contribution is -2.21. The van der Waals surface area contributed by atoms with Gasteiger partial charge in [0, 0.05) is 20.7 Å². The Labute approximate surface area is 123 Å². The minimum atomic E-state index is 0.116. The maximum atomic E-state index is 6.14. The highest BCUT2D eigenvalue weighted by atomic mass is 32.2. The third kappa shape index (κ3) is 3.75. The normalized spacial score (nSPS) is 14.1. The lowest BCUT2D eigenvalue weighted by atomic mass is 10.2. The summed E-state index contributed by atoms with van der Waals surface area (Å²) >= 11 is 3.64. The maximum Gasteiger partial charge on any atom is 0.118 e. The van der Waals surface area contributed by atoms with Gasteiger partial charge in [0.2, 0.25) is 0 Å². The van der Waals surface area contributed by atoms with E-state index in [2.05, 4.69) is 38.1 Å². The van der Waals surface area contributed by atoms with Crippen LogP contribution in [0.2, 0.25) is 0 Å². The van der Waals surface area contributed by atoms with Gasteiger partial charge in [-0.1, -0.05) is 0 Å². The summed E-state index contributed by atoms with van der Waals surface area (Å²) in [6, 6.07) is 12.6. The molecule has 0 aliphatic heterocycles. The topological polar surface area (TPSA) is 35.2 Å². The highest BCUT2D eigenvalue weighted by Gasteiger charge is 2.19. The molecule has 0 fully saturated rings. The zero-order chi connectivity index (χ0) is 13.8. The minimum Gasteiger partial charge on any atom is -0.497 e. The molecule has 0 saturated heterocycles. The van der Waals surface area contributed by atoms with Crippen molar-refractivity contribution in [2.75, 3.05) is 7.11 Å². The Hall–Kier alpha value is -0.970. The lowest BCUT2D eigenvalue weighted by molar-refractivity contribution is 0.414. The van der Waals surface area contributed by atoms with Gasteiger partial charge in [-0.3, -0.25) is 0 Å². The standard InChI is InChI=1S/C15H19NOS2/c1-10-4-9-14(18-10)15(11(2)16)19-13-7-5-12(17-3)6-8-13/h4-9,11,15H,16H2,1-3H3. The van der Waals surface area contributed by atoms with Crippen LogP contribution < -0.4 is 10.5 Å². The molecule has 2 aromatic rings. The molecule has 2 rings (SSSR count). The average Bonchev–Trinajstić information content (AvgIpc) is 2.82. The molecule has 1 aromatic carbocycles. The van der Waals surface area contributed by atoms with Crippen LogP contribution in [0.3, 0.4) is 0 Å². The summed E-state index contributed by atoms with van der Waals surface area (Å²) < 4.78 is 5.18. The number of ether oxygens (including phenoxy) is 1. The fourth-order valence-corrected chi connectivity index (χ4v) is 4.09. The first kappa shape index (κ1) is 14.4. The Bertz CT molecular complexity index is 519. The second-order valence-corrected chi connectivity index (χ2v) is 7.06. The molecule has 0 amide bonds. The Morgan fingerprint density at radius 2 is 1.84 bits per heavy atom. The van der Waals surface area contributed by atoms with E-state index in [1.54, 1.807) is 7.11 Å². The largest absolute Gasteiger partial charge is 0.497 e. The molecule has 2 N–H and O–H groups in total. The monoisotopic (exact) mass is 293 g/mol. The highest BCUT2D eigenvalue weighted by molar-refractivity contribution is 7.99. The first-order chi connectivity index (χ1) is 9.10. The predicted molar refractivity (Wildman–Crippen MR) is 84.3 cm³/mol. The van der Waals surface area contributed by atoms with E-state index >= 15 is 0 Å². The van der Waals surface area contributed by atoms with Crippen molar-refractivity contribution in [1.29, 1.82) is 0 Å². The van der Waals surface area contributed by atoms with E-state index in [9.17, 15) is 0 Å². The number of hydrogen-bond acceptors (Lipinski definition) is 4. The van der Waals surface area contributed by atoms with Crippen LogP contribution in [0.15, 0.2) is 41.3 Å². The zero-order valence-electron chi connectivity index (χ0n) is 11.4. The minimum absolute atomic E-state index is 0.116. The maximum absolute atomic E-state index is 6.14. The molecule has 102 valence electrons. The van der Waals surface area contributed by atoms with E-state index in [4.69, 9.17) is 10.5 Å². The van der Waals surface area contributed by atoms with Gasteiger partial charge < -0.3 is 10.5 Å². The van der Waals surface area contributed by atoms with Crippen molar-refractivity contribution in [1.82, 2.24) is 0 Å². The van der Waals surface area contributed by atoms with Crippen molar-refractivity contribution >= 4 is 23.1 Å². The van der Waals surface area contributed by atoms with Crippen molar-refractivity contribution < 1.29 is 4.74 Å². The quantitative estimate of drug-likeness (QED) is 0.837. The summed E-state index contributed by atoms with van der Waals surface area (Å²) in [5, 5.41) is 0.298. The number of aryl methyl sites for hydroxylation is 1. The van der Waals surface area contributed by atoms with Gasteiger partial charge in [0.1, 0.15) is 5.75 Å². The second-order valence-electron chi connectivity index (χ2n) is 4.52. The van der Waals surface area contributed by atoms with E-state index in [1.807, 2.05) is 35.2 Å². The molecule has 0 aliphatic rings. The molecule has 2 nitrogen and oxygen atoms in total. The van der Waals surface area contributed by atoms with Gasteiger partial charge in [0.05, 0.1) is 12.4 Å². The van der Waals surface area contributed by atoms with Crippen molar-refractivity contribution in [3.63, 3.8) is 0 Å². The highest BCUT2D eigenvalue weighted by Crippen LogP contribution is 2.40. The number of thiophene rings is 1. The van der Waals surface area contributed by atoms with Crippen molar-refractivity contribution in [2.24, 2.45) is 5.73 Å². The summed E-state index contributed by atoms with van der Waals surface area (Å²) in [6.45, 7) is 4.20. The van der Waals surface area contributed by atoms with Gasteiger partial charge in [-0.2, -0.15) is 0 Å². The summed E-state index contributed by atoms with van der Waals surface area (Å²) in [4.78, 5) is 3.89. The van der Waals surface area contributed by atoms with Gasteiger partial charge in [0.25, 0.3) is 0 Å². The SMILES string of the molecule is COc1ccc(SC(c2ccc(C)s2)C(C)N)cc1. The van der Waals surface area contributed by atoms with Crippen LogP contribution in [0.1, 0.15) is 21.9 Å². The molecule has 1 aromatic heterocycles. The molecule has 2 unspecified atom stereocenters. The second kappa shape index (κ2) is 6.46. The fourth-order valence-electron chi connectivity index (χ4n) is 1.83. The van der Waals surface area contributed by atoms with Crippen LogP contribution in [-0.2, 0) is 0 Å². The van der Waals surface area contributed by atoms with E-state index < -0.39 is 0 Å². The summed E-state index contributed by atoms with van der Waals surface area (Å²) in [6.07, 6.45) is 0. The Morgan fingerprint density at radius 1 is 1.16 bits per heavy atom. The first-order valence-corrected chi connectivity index (χ1v) is 7.92. The van der Waals surface area contributed by atoms with E-state index in [0.29, 0.717) is 5.25 Å². The molecule has 0 spiro atoms. The van der Waals surface area contributed by atoms with Crippen LogP contribution in [0.4, 0.5) is 0 Å². The third-order valence-corrected chi connectivity index (χ3v) is 5.56. The van der Waals surface area contributed by atoms with E-state index in [-0.39, 0.29) is 6.04 Å². The molecule has 0 bridgehead atoms. The molecular formula is C15H19NOS2. The number of thioether (sulfide) groups is 1. The number of nitrogens with two attached hydrogens (primary N) is 1. The Balaban J connectivity index is 2.16. The van der Waals surface area contributed by atoms with Crippen molar-refractivity contribution in [2.45, 2.75) is 30.0 Å². The number of hydrogen-bond donors (Lipinski definition) is 1. The van der Waals surface area contributed by atoms with Crippen LogP contribution in [0, 0.1) is 6.92 Å². The molecule has 2 atom stereocenters. The zero-order valence-corrected chi connectivity index (χ0v) is 13.1. The molecular weight excluding hydrogens is 274 g/mol. The van der Waals surface area contributed by atoms with Crippen molar-refractivity contribution in [3.8, 4) is 5.75 Å². The predicted octanol–water partition coefficient (Wildman–Crippen LogP) is 4.25. The first-order valence-electron chi connectivity index (χ1n) is 6.23. The third-order valence-electron chi connectivity index (χ3n) is 2.84. The Morgan fingerprint density at radius 3 is 2.32 bits per heavy atom. The molecule has 4 heteroatoms. The molecule has 1 heterocycles. The van der Waals surface area contributed by atoms with Crippen LogP contribution in [-0.4, -0.2) is 13.2 Å².